The summed E-state index contributed by atoms with van der Waals surface area (Å²) in [4.78, 5) is 26.5. The first kappa shape index (κ1) is 24.1. The van der Waals surface area contributed by atoms with Crippen LogP contribution in [0, 0.1) is 12.7 Å². The fourth-order valence-electron chi connectivity index (χ4n) is 4.22. The Kier molecular flexibility index (Phi) is 6.55. The first-order valence-electron chi connectivity index (χ1n) is 11.2. The number of carbonyl (C=O) groups excluding carboxylic acids is 1. The Hall–Kier alpha value is -3.62. The van der Waals surface area contributed by atoms with Crippen LogP contribution in [0.1, 0.15) is 45.8 Å². The predicted molar refractivity (Wildman–Crippen MR) is 137 cm³/mol. The minimum absolute atomic E-state index is 0.138. The van der Waals surface area contributed by atoms with Crippen LogP contribution in [0.15, 0.2) is 60.0 Å². The van der Waals surface area contributed by atoms with Gasteiger partial charge in [-0.05, 0) is 49.7 Å². The van der Waals surface area contributed by atoms with E-state index < -0.39 is 11.8 Å². The van der Waals surface area contributed by atoms with E-state index in [2.05, 4.69) is 25.4 Å². The van der Waals surface area contributed by atoms with Crippen molar-refractivity contribution < 1.29 is 9.18 Å². The van der Waals surface area contributed by atoms with E-state index in [1.165, 1.54) is 23.1 Å². The van der Waals surface area contributed by atoms with E-state index in [4.69, 9.17) is 23.2 Å². The van der Waals surface area contributed by atoms with E-state index in [9.17, 15) is 9.18 Å². The van der Waals surface area contributed by atoms with Gasteiger partial charge in [0.25, 0.3) is 5.91 Å². The molecule has 0 bridgehead atoms. The molecule has 2 aromatic carbocycles. The summed E-state index contributed by atoms with van der Waals surface area (Å²) in [5, 5.41) is 7.48. The summed E-state index contributed by atoms with van der Waals surface area (Å²) in [5.74, 6) is -0.652. The SMILES string of the molecule is CC1=Nc2cc(C(CNC(=O)c3c(Cl)cc(-n4cnc(C)n4)cc3Cl)c3cccc(F)c3)ncc2C1. The number of aryl methyl sites for hydroxylation is 1. The molecule has 36 heavy (non-hydrogen) atoms. The molecule has 1 aliphatic heterocycles. The van der Waals surface area contributed by atoms with E-state index in [1.54, 1.807) is 37.4 Å². The highest BCUT2D eigenvalue weighted by Crippen LogP contribution is 2.32. The molecule has 4 aromatic rings. The van der Waals surface area contributed by atoms with Crippen LogP contribution in [0.25, 0.3) is 5.69 Å². The van der Waals surface area contributed by atoms with Gasteiger partial charge in [0, 0.05) is 36.4 Å². The van der Waals surface area contributed by atoms with Crippen molar-refractivity contribution in [3.8, 4) is 5.69 Å². The molecule has 0 saturated heterocycles. The lowest BCUT2D eigenvalue weighted by atomic mass is 9.94. The van der Waals surface area contributed by atoms with Crippen molar-refractivity contribution in [2.75, 3.05) is 6.54 Å². The summed E-state index contributed by atoms with van der Waals surface area (Å²) in [5.41, 5.74) is 4.96. The molecule has 1 atom stereocenters. The lowest BCUT2D eigenvalue weighted by molar-refractivity contribution is 0.0952. The van der Waals surface area contributed by atoms with Gasteiger partial charge in [-0.3, -0.25) is 14.8 Å². The highest BCUT2D eigenvalue weighted by molar-refractivity contribution is 6.40. The zero-order valence-electron chi connectivity index (χ0n) is 19.5. The molecule has 0 radical (unpaired) electrons. The molecular formula is C26H21Cl2FN6O. The summed E-state index contributed by atoms with van der Waals surface area (Å²) >= 11 is 12.9. The summed E-state index contributed by atoms with van der Waals surface area (Å²) in [6.45, 7) is 3.88. The first-order chi connectivity index (χ1) is 17.3. The molecule has 1 aliphatic rings. The van der Waals surface area contributed by atoms with Crippen LogP contribution in [0.4, 0.5) is 10.1 Å². The van der Waals surface area contributed by atoms with Gasteiger partial charge in [0.15, 0.2) is 0 Å². The van der Waals surface area contributed by atoms with Gasteiger partial charge in [0.1, 0.15) is 18.0 Å². The number of hydrogen-bond acceptors (Lipinski definition) is 5. The number of amides is 1. The third kappa shape index (κ3) is 4.87. The predicted octanol–water partition coefficient (Wildman–Crippen LogP) is 5.63. The van der Waals surface area contributed by atoms with Crippen LogP contribution >= 0.6 is 23.2 Å². The van der Waals surface area contributed by atoms with Crippen molar-refractivity contribution in [3.63, 3.8) is 0 Å². The van der Waals surface area contributed by atoms with Crippen LogP contribution in [-0.2, 0) is 6.42 Å². The van der Waals surface area contributed by atoms with Crippen LogP contribution in [0.3, 0.4) is 0 Å². The third-order valence-electron chi connectivity index (χ3n) is 5.94. The Morgan fingerprint density at radius 1 is 1.14 bits per heavy atom. The molecule has 182 valence electrons. The average Bonchev–Trinajstić information content (AvgIpc) is 3.43. The molecule has 5 rings (SSSR count). The summed E-state index contributed by atoms with van der Waals surface area (Å²) in [7, 11) is 0. The highest BCUT2D eigenvalue weighted by Gasteiger charge is 2.23. The first-order valence-corrected chi connectivity index (χ1v) is 12.0. The van der Waals surface area contributed by atoms with E-state index >= 15 is 0 Å². The zero-order chi connectivity index (χ0) is 25.4. The number of aromatic nitrogens is 4. The standard InChI is InChI=1S/C26H21Cl2FN6O/c1-14-6-17-11-30-24(10-23(17)33-14)20(16-4-3-5-18(29)7-16)12-31-26(36)25-21(27)8-19(9-22(25)28)35-13-32-15(2)34-35/h3-5,7-11,13,20H,6,12H2,1-2H3,(H,31,36). The fraction of sp³-hybridized carbons (Fsp3) is 0.192. The fourth-order valence-corrected chi connectivity index (χ4v) is 4.87. The molecule has 0 saturated carbocycles. The van der Waals surface area contributed by atoms with Gasteiger partial charge >= 0.3 is 0 Å². The smallest absolute Gasteiger partial charge is 0.254 e. The average molecular weight is 523 g/mol. The zero-order valence-corrected chi connectivity index (χ0v) is 21.0. The van der Waals surface area contributed by atoms with Crippen LogP contribution in [-0.4, -0.2) is 37.9 Å². The van der Waals surface area contributed by atoms with Gasteiger partial charge < -0.3 is 5.32 Å². The van der Waals surface area contributed by atoms with E-state index in [0.29, 0.717) is 22.8 Å². The third-order valence-corrected chi connectivity index (χ3v) is 6.54. The molecular weight excluding hydrogens is 502 g/mol. The maximum atomic E-state index is 14.1. The number of hydrogen-bond donors (Lipinski definition) is 1. The van der Waals surface area contributed by atoms with Gasteiger partial charge in [-0.2, -0.15) is 5.10 Å². The van der Waals surface area contributed by atoms with Gasteiger partial charge in [0.2, 0.25) is 0 Å². The molecule has 0 aliphatic carbocycles. The molecule has 1 N–H and O–H groups in total. The lowest BCUT2D eigenvalue weighted by Gasteiger charge is -2.19. The topological polar surface area (TPSA) is 85.1 Å². The van der Waals surface area contributed by atoms with E-state index in [-0.39, 0.29) is 28.0 Å². The normalized spacial score (nSPS) is 13.3. The number of rotatable bonds is 6. The van der Waals surface area contributed by atoms with Gasteiger partial charge in [-0.15, -0.1) is 0 Å². The summed E-state index contributed by atoms with van der Waals surface area (Å²) in [6, 6.07) is 11.3. The molecule has 7 nitrogen and oxygen atoms in total. The molecule has 3 heterocycles. The van der Waals surface area contributed by atoms with Crippen LogP contribution in [0.2, 0.25) is 10.0 Å². The van der Waals surface area contributed by atoms with Crippen LogP contribution < -0.4 is 5.32 Å². The monoisotopic (exact) mass is 522 g/mol. The second-order valence-corrected chi connectivity index (χ2v) is 9.41. The number of benzene rings is 2. The molecule has 0 spiro atoms. The van der Waals surface area contributed by atoms with Gasteiger partial charge in [0.05, 0.1) is 32.7 Å². The molecule has 1 unspecified atom stereocenters. The largest absolute Gasteiger partial charge is 0.351 e. The maximum absolute atomic E-state index is 14.1. The summed E-state index contributed by atoms with van der Waals surface area (Å²) < 4.78 is 15.6. The lowest BCUT2D eigenvalue weighted by Crippen LogP contribution is -2.30. The van der Waals surface area contributed by atoms with Crippen molar-refractivity contribution in [2.24, 2.45) is 4.99 Å². The second kappa shape index (κ2) is 9.79. The Morgan fingerprint density at radius 2 is 1.92 bits per heavy atom. The number of pyridine rings is 1. The molecule has 0 fully saturated rings. The Morgan fingerprint density at radius 3 is 2.61 bits per heavy atom. The molecule has 10 heteroatoms. The van der Waals surface area contributed by atoms with Crippen molar-refractivity contribution >= 4 is 40.5 Å². The Labute approximate surface area is 217 Å². The van der Waals surface area contributed by atoms with Gasteiger partial charge in [-0.1, -0.05) is 35.3 Å². The number of halogens is 3. The van der Waals surface area contributed by atoms with Crippen LogP contribution in [0.5, 0.6) is 0 Å². The van der Waals surface area contributed by atoms with E-state index in [1.807, 2.05) is 13.0 Å². The van der Waals surface area contributed by atoms with E-state index in [0.717, 1.165) is 23.4 Å². The molecule has 2 aromatic heterocycles. The number of aliphatic imine (C=N–C) groups is 1. The number of carbonyl (C=O) groups is 1. The van der Waals surface area contributed by atoms with Crippen molar-refractivity contribution in [1.29, 1.82) is 0 Å². The maximum Gasteiger partial charge on any atom is 0.254 e. The van der Waals surface area contributed by atoms with Crippen molar-refractivity contribution in [2.45, 2.75) is 26.2 Å². The van der Waals surface area contributed by atoms with Gasteiger partial charge in [-0.25, -0.2) is 14.1 Å². The quantitative estimate of drug-likeness (QED) is 0.355. The minimum atomic E-state index is -0.456. The summed E-state index contributed by atoms with van der Waals surface area (Å²) in [6.07, 6.45) is 4.08. The van der Waals surface area contributed by atoms with Crippen molar-refractivity contribution in [3.05, 3.63) is 99.1 Å². The highest BCUT2D eigenvalue weighted by atomic mass is 35.5. The Bertz CT molecular complexity index is 1490. The number of nitrogens with zero attached hydrogens (tertiary/aromatic N) is 5. The second-order valence-electron chi connectivity index (χ2n) is 8.60. The number of fused-ring (bicyclic) bond motifs is 1. The molecule has 1 amide bonds. The number of nitrogens with one attached hydrogen (secondary N) is 1. The minimum Gasteiger partial charge on any atom is -0.351 e. The van der Waals surface area contributed by atoms with Crippen molar-refractivity contribution in [1.82, 2.24) is 25.1 Å². The Balaban J connectivity index is 1.42.